The highest BCUT2D eigenvalue weighted by molar-refractivity contribution is 6.00. The third-order valence-electron chi connectivity index (χ3n) is 7.17. The zero-order valence-corrected chi connectivity index (χ0v) is 18.8. The van der Waals surface area contributed by atoms with Crippen molar-refractivity contribution < 1.29 is 0 Å². The van der Waals surface area contributed by atoms with E-state index in [0.29, 0.717) is 12.0 Å². The number of allylic oxidation sites excluding steroid dienone is 2. The molecule has 0 N–H and O–H groups in total. The number of nitrogens with zero attached hydrogens (tertiary/aromatic N) is 2. The molecule has 0 saturated carbocycles. The molecule has 0 fully saturated rings. The molecule has 162 valence electrons. The highest BCUT2D eigenvalue weighted by atomic mass is 15.2. The highest BCUT2D eigenvalue weighted by Crippen LogP contribution is 2.50. The lowest BCUT2D eigenvalue weighted by atomic mass is 9.91. The molecule has 2 unspecified atom stereocenters. The zero-order valence-electron chi connectivity index (χ0n) is 18.8. The summed E-state index contributed by atoms with van der Waals surface area (Å²) in [5.74, 6) is 0.373. The number of rotatable bonds is 3. The van der Waals surface area contributed by atoms with E-state index in [1.807, 2.05) is 0 Å². The molecule has 2 heterocycles. The second kappa shape index (κ2) is 7.64. The number of hydrogen-bond acceptors (Lipinski definition) is 1. The van der Waals surface area contributed by atoms with Gasteiger partial charge in [-0.3, -0.25) is 0 Å². The van der Waals surface area contributed by atoms with Crippen molar-refractivity contribution in [3.63, 3.8) is 0 Å². The fourth-order valence-electron chi connectivity index (χ4n) is 5.59. The van der Waals surface area contributed by atoms with Crippen LogP contribution in [0.2, 0.25) is 0 Å². The number of benzene rings is 4. The number of fused-ring (bicyclic) bond motifs is 5. The lowest BCUT2D eigenvalue weighted by molar-refractivity contribution is 0.745. The Morgan fingerprint density at radius 3 is 2.06 bits per heavy atom. The Labute approximate surface area is 199 Å². The fraction of sp³-hybridized carbons (Fsp3) is 0.0625. The van der Waals surface area contributed by atoms with Gasteiger partial charge in [0.25, 0.3) is 0 Å². The largest absolute Gasteiger partial charge is 0.333 e. The zero-order chi connectivity index (χ0) is 22.5. The van der Waals surface area contributed by atoms with Gasteiger partial charge in [0.1, 0.15) is 0 Å². The van der Waals surface area contributed by atoms with Crippen LogP contribution in [0.5, 0.6) is 0 Å². The van der Waals surface area contributed by atoms with Crippen LogP contribution in [-0.4, -0.2) is 10.6 Å². The van der Waals surface area contributed by atoms with Crippen LogP contribution >= 0.6 is 0 Å². The number of para-hydroxylation sites is 1. The molecule has 34 heavy (non-hydrogen) atoms. The second-order valence-corrected chi connectivity index (χ2v) is 9.03. The Hall–Kier alpha value is -4.30. The van der Waals surface area contributed by atoms with E-state index in [1.54, 1.807) is 0 Å². The van der Waals surface area contributed by atoms with E-state index in [2.05, 4.69) is 143 Å². The molecular formula is C32H24N2. The molecule has 2 aliphatic rings. The van der Waals surface area contributed by atoms with Gasteiger partial charge in [-0.05, 0) is 53.1 Å². The first-order chi connectivity index (χ1) is 16.9. The van der Waals surface area contributed by atoms with E-state index < -0.39 is 0 Å². The van der Waals surface area contributed by atoms with E-state index in [9.17, 15) is 0 Å². The number of hydrogen-bond donors (Lipinski definition) is 0. The van der Waals surface area contributed by atoms with Gasteiger partial charge < -0.3 is 9.47 Å². The van der Waals surface area contributed by atoms with E-state index in [1.165, 1.54) is 44.7 Å². The first-order valence-corrected chi connectivity index (χ1v) is 11.9. The summed E-state index contributed by atoms with van der Waals surface area (Å²) in [6, 6.07) is 37.4. The van der Waals surface area contributed by atoms with Crippen LogP contribution in [0, 0.1) is 0 Å². The lowest BCUT2D eigenvalue weighted by Crippen LogP contribution is -2.28. The van der Waals surface area contributed by atoms with Gasteiger partial charge in [0.05, 0.1) is 17.2 Å². The maximum Gasteiger partial charge on any atom is 0.0629 e. The molecule has 4 aromatic carbocycles. The molecule has 0 radical (unpaired) electrons. The van der Waals surface area contributed by atoms with Crippen LogP contribution in [0.4, 0.5) is 11.4 Å². The van der Waals surface area contributed by atoms with Crippen LogP contribution in [0.1, 0.15) is 11.5 Å². The average Bonchev–Trinajstić information content (AvgIpc) is 3.49. The van der Waals surface area contributed by atoms with Crippen molar-refractivity contribution in [1.82, 2.24) is 4.57 Å². The summed E-state index contributed by atoms with van der Waals surface area (Å²) in [4.78, 5) is 2.52. The van der Waals surface area contributed by atoms with Crippen molar-refractivity contribution in [1.29, 1.82) is 0 Å². The van der Waals surface area contributed by atoms with Crippen molar-refractivity contribution in [2.45, 2.75) is 12.0 Å². The van der Waals surface area contributed by atoms with Crippen molar-refractivity contribution >= 4 is 22.3 Å². The predicted octanol–water partition coefficient (Wildman–Crippen LogP) is 8.03. The normalized spacial score (nSPS) is 18.3. The highest BCUT2D eigenvalue weighted by Gasteiger charge is 2.38. The SMILES string of the molecule is C1=CC2c3ccc4c(ccn4-c4ccc(-c5ccccc5)cc4)c3N(c3ccccc3)C2C=C1. The molecule has 0 amide bonds. The maximum atomic E-state index is 2.52. The quantitative estimate of drug-likeness (QED) is 0.278. The Bertz CT molecular complexity index is 1540. The fourth-order valence-corrected chi connectivity index (χ4v) is 5.59. The molecule has 7 rings (SSSR count). The average molecular weight is 437 g/mol. The summed E-state index contributed by atoms with van der Waals surface area (Å²) in [5, 5.41) is 1.30. The molecule has 2 nitrogen and oxygen atoms in total. The molecule has 1 aromatic heterocycles. The molecule has 0 saturated heterocycles. The summed E-state index contributed by atoms with van der Waals surface area (Å²) in [7, 11) is 0. The first kappa shape index (κ1) is 19.2. The van der Waals surface area contributed by atoms with Crippen LogP contribution in [-0.2, 0) is 0 Å². The Balaban J connectivity index is 1.37. The van der Waals surface area contributed by atoms with E-state index >= 15 is 0 Å². The van der Waals surface area contributed by atoms with Gasteiger partial charge in [0, 0.05) is 28.9 Å². The van der Waals surface area contributed by atoms with Crippen LogP contribution in [0.25, 0.3) is 27.7 Å². The minimum Gasteiger partial charge on any atom is -0.333 e. The molecule has 1 aliphatic carbocycles. The van der Waals surface area contributed by atoms with E-state index in [0.717, 1.165) is 0 Å². The maximum absolute atomic E-state index is 2.52. The molecule has 0 bridgehead atoms. The summed E-state index contributed by atoms with van der Waals surface area (Å²) >= 11 is 0. The Morgan fingerprint density at radius 2 is 1.26 bits per heavy atom. The second-order valence-electron chi connectivity index (χ2n) is 9.03. The molecule has 2 atom stereocenters. The smallest absolute Gasteiger partial charge is 0.0629 e. The summed E-state index contributed by atoms with van der Waals surface area (Å²) in [6.45, 7) is 0. The van der Waals surface area contributed by atoms with Gasteiger partial charge in [-0.25, -0.2) is 0 Å². The predicted molar refractivity (Wildman–Crippen MR) is 142 cm³/mol. The van der Waals surface area contributed by atoms with Crippen molar-refractivity contribution in [3.8, 4) is 16.8 Å². The minimum absolute atomic E-state index is 0.307. The van der Waals surface area contributed by atoms with Crippen LogP contribution in [0.15, 0.2) is 134 Å². The molecule has 0 spiro atoms. The minimum atomic E-state index is 0.307. The number of anilines is 2. The van der Waals surface area contributed by atoms with Gasteiger partial charge in [0.2, 0.25) is 0 Å². The third-order valence-corrected chi connectivity index (χ3v) is 7.17. The third kappa shape index (κ3) is 2.89. The lowest BCUT2D eigenvalue weighted by Gasteiger charge is -2.29. The van der Waals surface area contributed by atoms with Gasteiger partial charge in [-0.15, -0.1) is 0 Å². The Morgan fingerprint density at radius 1 is 0.559 bits per heavy atom. The molecule has 5 aromatic rings. The summed E-state index contributed by atoms with van der Waals surface area (Å²) < 4.78 is 2.31. The molecule has 2 heteroatoms. The van der Waals surface area contributed by atoms with Crippen LogP contribution in [0.3, 0.4) is 0 Å². The van der Waals surface area contributed by atoms with Crippen LogP contribution < -0.4 is 4.90 Å². The summed E-state index contributed by atoms with van der Waals surface area (Å²) in [6.07, 6.45) is 11.3. The van der Waals surface area contributed by atoms with E-state index in [4.69, 9.17) is 0 Å². The van der Waals surface area contributed by atoms with Crippen molar-refractivity contribution in [3.05, 3.63) is 139 Å². The van der Waals surface area contributed by atoms with Gasteiger partial charge in [-0.2, -0.15) is 0 Å². The van der Waals surface area contributed by atoms with E-state index in [-0.39, 0.29) is 0 Å². The van der Waals surface area contributed by atoms with Crippen molar-refractivity contribution in [2.75, 3.05) is 4.90 Å². The van der Waals surface area contributed by atoms with Gasteiger partial charge >= 0.3 is 0 Å². The van der Waals surface area contributed by atoms with Gasteiger partial charge in [0.15, 0.2) is 0 Å². The number of aromatic nitrogens is 1. The molecular weight excluding hydrogens is 412 g/mol. The standard InChI is InChI=1S/C32H24N2/c1-3-9-23(10-4-1)24-15-17-25(18-16-24)33-22-21-29-30(33)20-19-28-27-13-7-8-14-31(27)34(32(28)29)26-11-5-2-6-12-26/h1-22,27,31H. The summed E-state index contributed by atoms with van der Waals surface area (Å²) in [5.41, 5.74) is 8.86. The molecule has 1 aliphatic heterocycles. The monoisotopic (exact) mass is 436 g/mol. The topological polar surface area (TPSA) is 8.17 Å². The first-order valence-electron chi connectivity index (χ1n) is 11.9. The Kier molecular flexibility index (Phi) is 4.31. The van der Waals surface area contributed by atoms with Crippen molar-refractivity contribution in [2.24, 2.45) is 0 Å². The van der Waals surface area contributed by atoms with Gasteiger partial charge in [-0.1, -0.05) is 91.0 Å².